The van der Waals surface area contributed by atoms with E-state index in [-0.39, 0.29) is 42.1 Å². The average molecular weight is 447 g/mol. The van der Waals surface area contributed by atoms with E-state index in [1.165, 1.54) is 18.2 Å². The second kappa shape index (κ2) is 7.95. The number of nitrogens with two attached hydrogens (primary N) is 1. The van der Waals surface area contributed by atoms with Crippen LogP contribution in [-0.4, -0.2) is 46.6 Å². The van der Waals surface area contributed by atoms with Gasteiger partial charge >= 0.3 is 13.3 Å². The van der Waals surface area contributed by atoms with Gasteiger partial charge in [0.25, 0.3) is 12.4 Å². The van der Waals surface area contributed by atoms with Crippen molar-refractivity contribution in [2.45, 2.75) is 19.0 Å². The Bertz CT molecular complexity index is 1190. The number of ether oxygens (including phenoxy) is 2. The summed E-state index contributed by atoms with van der Waals surface area (Å²) in [6, 6.07) is 8.92. The van der Waals surface area contributed by atoms with Crippen molar-refractivity contribution < 1.29 is 37.5 Å². The van der Waals surface area contributed by atoms with Crippen LogP contribution in [0.4, 0.5) is 18.9 Å². The fraction of sp³-hybridized carbons (Fsp3) is 0.250. The van der Waals surface area contributed by atoms with Crippen LogP contribution < -0.4 is 20.7 Å². The number of nitrogens with zero attached hydrogens (tertiary/aromatic N) is 2. The highest BCUT2D eigenvalue weighted by Gasteiger charge is 2.63. The lowest BCUT2D eigenvalue weighted by Gasteiger charge is -2.21. The van der Waals surface area contributed by atoms with Gasteiger partial charge in [0.15, 0.2) is 0 Å². The molecule has 1 aliphatic rings. The van der Waals surface area contributed by atoms with Crippen LogP contribution in [0, 0.1) is 5.41 Å². The first-order valence-corrected chi connectivity index (χ1v) is 9.51. The highest BCUT2D eigenvalue weighted by Crippen LogP contribution is 2.57. The average Bonchev–Trinajstić information content (AvgIpc) is 3.55. The zero-order valence-electron chi connectivity index (χ0n) is 16.5. The molecule has 8 nitrogen and oxygen atoms in total. The van der Waals surface area contributed by atoms with E-state index < -0.39 is 25.3 Å². The molecule has 1 aliphatic carbocycles. The van der Waals surface area contributed by atoms with Crippen molar-refractivity contribution >= 4 is 35.6 Å². The first-order chi connectivity index (χ1) is 15.1. The van der Waals surface area contributed by atoms with Gasteiger partial charge in [0.1, 0.15) is 23.5 Å². The minimum Gasteiger partial charge on any atom is -0.492 e. The van der Waals surface area contributed by atoms with Gasteiger partial charge in [0.2, 0.25) is 0 Å². The second-order valence-corrected chi connectivity index (χ2v) is 7.56. The Morgan fingerprint density at radius 2 is 1.91 bits per heavy atom. The number of fused-ring (bicyclic) bond motifs is 1. The Balaban J connectivity index is 1.74. The summed E-state index contributed by atoms with van der Waals surface area (Å²) in [6.45, 7) is -0.374. The molecule has 0 amide bonds. The van der Waals surface area contributed by atoms with Crippen molar-refractivity contribution in [2.75, 3.05) is 12.3 Å². The van der Waals surface area contributed by atoms with Crippen molar-refractivity contribution in [1.82, 2.24) is 10.2 Å². The maximum absolute atomic E-state index is 13.3. The van der Waals surface area contributed by atoms with Crippen LogP contribution in [0.1, 0.15) is 12.8 Å². The molecule has 166 valence electrons. The second-order valence-electron chi connectivity index (χ2n) is 7.56. The van der Waals surface area contributed by atoms with Crippen LogP contribution in [-0.2, 0) is 4.79 Å². The highest BCUT2D eigenvalue weighted by molar-refractivity contribution is 6.58. The Labute approximate surface area is 179 Å². The number of aromatic nitrogens is 2. The summed E-state index contributed by atoms with van der Waals surface area (Å²) < 4.78 is 50.1. The largest absolute Gasteiger partial charge is 0.492 e. The molecule has 1 aromatic heterocycles. The topological polar surface area (TPSA) is 128 Å². The van der Waals surface area contributed by atoms with E-state index in [0.29, 0.717) is 22.0 Å². The van der Waals surface area contributed by atoms with Crippen LogP contribution >= 0.6 is 0 Å². The van der Waals surface area contributed by atoms with Crippen LogP contribution in [0.15, 0.2) is 36.4 Å². The van der Waals surface area contributed by atoms with Crippen LogP contribution in [0.25, 0.3) is 22.0 Å². The number of rotatable bonds is 7. The maximum Gasteiger partial charge on any atom is 0.488 e. The van der Waals surface area contributed by atoms with Crippen LogP contribution in [0.3, 0.4) is 0 Å². The van der Waals surface area contributed by atoms with Gasteiger partial charge in [-0.15, -0.1) is 10.2 Å². The normalized spacial score (nSPS) is 14.8. The smallest absolute Gasteiger partial charge is 0.488 e. The molecule has 4 N–H and O–H groups in total. The molecule has 4 rings (SSSR count). The number of carbonyl (C=O) groups is 1. The lowest BCUT2D eigenvalue weighted by atomic mass is 9.79. The van der Waals surface area contributed by atoms with Gasteiger partial charge in [-0.3, -0.25) is 4.79 Å². The summed E-state index contributed by atoms with van der Waals surface area (Å²) in [5.41, 5.74) is 5.44. The number of benzene rings is 2. The number of hydrogen-bond donors (Lipinski definition) is 3. The number of carbonyl (C=O) groups excluding carboxylic acids is 1. The molecule has 0 atom stereocenters. The molecule has 1 fully saturated rings. The predicted octanol–water partition coefficient (Wildman–Crippen LogP) is 1.82. The number of nitrogen functional groups attached to an aromatic ring is 1. The monoisotopic (exact) mass is 447 g/mol. The molecule has 1 heterocycles. The van der Waals surface area contributed by atoms with E-state index in [1.807, 2.05) is 0 Å². The first-order valence-electron chi connectivity index (χ1n) is 9.51. The third kappa shape index (κ3) is 3.94. The van der Waals surface area contributed by atoms with E-state index in [9.17, 15) is 28.0 Å². The zero-order chi connectivity index (χ0) is 23.1. The van der Waals surface area contributed by atoms with E-state index in [4.69, 9.17) is 10.5 Å². The quantitative estimate of drug-likeness (QED) is 0.370. The lowest BCUT2D eigenvalue weighted by Crippen LogP contribution is -2.31. The van der Waals surface area contributed by atoms with Gasteiger partial charge in [-0.25, -0.2) is 0 Å². The Morgan fingerprint density at radius 3 is 2.53 bits per heavy atom. The van der Waals surface area contributed by atoms with Crippen molar-refractivity contribution in [2.24, 2.45) is 5.41 Å². The maximum atomic E-state index is 13.3. The minimum atomic E-state index is -4.37. The third-order valence-electron chi connectivity index (χ3n) is 5.50. The van der Waals surface area contributed by atoms with Gasteiger partial charge in [0, 0.05) is 10.9 Å². The number of alkyl halides is 3. The van der Waals surface area contributed by atoms with Crippen molar-refractivity contribution in [3.05, 3.63) is 36.4 Å². The number of anilines is 1. The van der Waals surface area contributed by atoms with Crippen molar-refractivity contribution in [3.63, 3.8) is 0 Å². The Kier molecular flexibility index (Phi) is 5.43. The summed E-state index contributed by atoms with van der Waals surface area (Å²) in [6.07, 6.45) is -4.38. The molecule has 0 radical (unpaired) electrons. The molecule has 1 saturated carbocycles. The number of halogens is 3. The van der Waals surface area contributed by atoms with Gasteiger partial charge in [-0.2, -0.15) is 13.2 Å². The van der Waals surface area contributed by atoms with Crippen LogP contribution in [0.5, 0.6) is 11.6 Å². The Hall–Kier alpha value is -3.38. The van der Waals surface area contributed by atoms with Gasteiger partial charge in [-0.05, 0) is 42.1 Å². The SMILES string of the molecule is Nc1c(OC=O)nnc2cc(-c3cc(B(O)O)ccc3OCC3(C(F)(F)F)CC3)ccc12. The van der Waals surface area contributed by atoms with E-state index in [1.54, 1.807) is 18.2 Å². The zero-order valence-corrected chi connectivity index (χ0v) is 16.5. The summed E-state index contributed by atoms with van der Waals surface area (Å²) >= 11 is 0. The molecule has 0 aliphatic heterocycles. The molecule has 0 spiro atoms. The highest BCUT2D eigenvalue weighted by atomic mass is 19.4. The van der Waals surface area contributed by atoms with E-state index in [2.05, 4.69) is 14.9 Å². The summed E-state index contributed by atoms with van der Waals surface area (Å²) in [5.74, 6) is -0.0114. The van der Waals surface area contributed by atoms with Gasteiger partial charge in [0.05, 0.1) is 5.52 Å². The van der Waals surface area contributed by atoms with Crippen molar-refractivity contribution in [1.29, 1.82) is 0 Å². The van der Waals surface area contributed by atoms with E-state index in [0.717, 1.165) is 0 Å². The molecular formula is C20H17BF3N3O5. The third-order valence-corrected chi connectivity index (χ3v) is 5.50. The predicted molar refractivity (Wildman–Crippen MR) is 109 cm³/mol. The standard InChI is InChI=1S/C20H17BF3N3O5/c22-20(23,24)19(5-6-19)9-31-16-4-2-12(21(29)30)8-14(16)11-1-3-13-15(7-11)26-27-18(17(13)25)32-10-28/h1-4,7-8,10,29-30H,5-6,9H2,(H2,25,26). The Morgan fingerprint density at radius 1 is 1.16 bits per heavy atom. The molecule has 12 heteroatoms. The van der Waals surface area contributed by atoms with Crippen LogP contribution in [0.2, 0.25) is 0 Å². The van der Waals surface area contributed by atoms with Gasteiger partial charge < -0.3 is 25.3 Å². The molecular weight excluding hydrogens is 430 g/mol. The summed E-state index contributed by atoms with van der Waals surface area (Å²) in [7, 11) is -1.79. The summed E-state index contributed by atoms with van der Waals surface area (Å²) in [4.78, 5) is 10.6. The molecule has 32 heavy (non-hydrogen) atoms. The summed E-state index contributed by atoms with van der Waals surface area (Å²) in [5, 5.41) is 27.2. The first kappa shape index (κ1) is 21.8. The molecule has 3 aromatic rings. The minimum absolute atomic E-state index is 0.00466. The molecule has 0 unspecified atom stereocenters. The molecule has 0 bridgehead atoms. The number of hydrogen-bond acceptors (Lipinski definition) is 8. The van der Waals surface area contributed by atoms with Crippen molar-refractivity contribution in [3.8, 4) is 22.8 Å². The van der Waals surface area contributed by atoms with E-state index >= 15 is 0 Å². The fourth-order valence-electron chi connectivity index (χ4n) is 3.35. The molecule has 0 saturated heterocycles. The lowest BCUT2D eigenvalue weighted by molar-refractivity contribution is -0.194. The molecule has 2 aromatic carbocycles. The van der Waals surface area contributed by atoms with Gasteiger partial charge in [-0.1, -0.05) is 18.2 Å². The fourth-order valence-corrected chi connectivity index (χ4v) is 3.35.